The largest absolute Gasteiger partial charge is 0.296 e. The molecule has 2 heterocycles. The van der Waals surface area contributed by atoms with Crippen LogP contribution in [0, 0.1) is 13.8 Å². The van der Waals surface area contributed by atoms with Gasteiger partial charge in [0, 0.05) is 12.7 Å². The third kappa shape index (κ3) is 2.18. The van der Waals surface area contributed by atoms with Gasteiger partial charge in [-0.2, -0.15) is 5.10 Å². The zero-order valence-corrected chi connectivity index (χ0v) is 12.3. The Balaban J connectivity index is 1.89. The average molecular weight is 286 g/mol. The Hall–Kier alpha value is -2.21. The number of aryl methyl sites for hydroxylation is 3. The molecule has 0 aliphatic rings. The van der Waals surface area contributed by atoms with Gasteiger partial charge in [0.05, 0.1) is 10.2 Å². The zero-order valence-electron chi connectivity index (χ0n) is 11.5. The second-order valence-electron chi connectivity index (χ2n) is 4.69. The summed E-state index contributed by atoms with van der Waals surface area (Å²) in [4.78, 5) is 16.6. The van der Waals surface area contributed by atoms with Crippen molar-refractivity contribution < 1.29 is 4.79 Å². The van der Waals surface area contributed by atoms with E-state index in [4.69, 9.17) is 0 Å². The van der Waals surface area contributed by atoms with E-state index in [2.05, 4.69) is 15.4 Å². The summed E-state index contributed by atoms with van der Waals surface area (Å²) in [5, 5.41) is 7.57. The molecule has 1 amide bonds. The Labute approximate surface area is 120 Å². The van der Waals surface area contributed by atoms with Gasteiger partial charge in [0.15, 0.2) is 10.8 Å². The maximum absolute atomic E-state index is 12.1. The fourth-order valence-electron chi connectivity index (χ4n) is 1.97. The topological polar surface area (TPSA) is 59.8 Å². The number of aromatic nitrogens is 3. The molecule has 0 aliphatic heterocycles. The Morgan fingerprint density at radius 3 is 2.80 bits per heavy atom. The summed E-state index contributed by atoms with van der Waals surface area (Å²) in [7, 11) is 1.81. The SMILES string of the molecule is Cc1cccc2sc(NC(=O)c3cc(C)n(C)n3)nc12. The normalized spacial score (nSPS) is 10.9. The minimum absolute atomic E-state index is 0.231. The third-order valence-electron chi connectivity index (χ3n) is 3.19. The van der Waals surface area contributed by atoms with Crippen molar-refractivity contribution in [1.29, 1.82) is 0 Å². The molecule has 0 atom stereocenters. The molecule has 0 unspecified atom stereocenters. The van der Waals surface area contributed by atoms with Gasteiger partial charge in [0.2, 0.25) is 0 Å². The first-order valence-corrected chi connectivity index (χ1v) is 7.04. The minimum atomic E-state index is -0.231. The molecular weight excluding hydrogens is 272 g/mol. The predicted molar refractivity (Wildman–Crippen MR) is 80.3 cm³/mol. The number of hydrogen-bond acceptors (Lipinski definition) is 4. The van der Waals surface area contributed by atoms with Crippen LogP contribution >= 0.6 is 11.3 Å². The monoisotopic (exact) mass is 286 g/mol. The smallest absolute Gasteiger partial charge is 0.277 e. The van der Waals surface area contributed by atoms with Crippen molar-refractivity contribution in [3.8, 4) is 0 Å². The number of carbonyl (C=O) groups is 1. The highest BCUT2D eigenvalue weighted by Crippen LogP contribution is 2.28. The van der Waals surface area contributed by atoms with Gasteiger partial charge >= 0.3 is 0 Å². The summed E-state index contributed by atoms with van der Waals surface area (Å²) < 4.78 is 2.75. The molecule has 0 saturated heterocycles. The maximum Gasteiger partial charge on any atom is 0.277 e. The van der Waals surface area contributed by atoms with Crippen molar-refractivity contribution >= 4 is 32.6 Å². The fourth-order valence-corrected chi connectivity index (χ4v) is 2.91. The molecule has 2 aromatic heterocycles. The van der Waals surface area contributed by atoms with E-state index >= 15 is 0 Å². The van der Waals surface area contributed by atoms with Crippen LogP contribution in [0.15, 0.2) is 24.3 Å². The predicted octanol–water partition coefficient (Wildman–Crippen LogP) is 2.90. The maximum atomic E-state index is 12.1. The van der Waals surface area contributed by atoms with Gasteiger partial charge in [-0.3, -0.25) is 14.8 Å². The van der Waals surface area contributed by atoms with Gasteiger partial charge in [-0.15, -0.1) is 0 Å². The number of hydrogen-bond donors (Lipinski definition) is 1. The number of rotatable bonds is 2. The number of para-hydroxylation sites is 1. The van der Waals surface area contributed by atoms with Gasteiger partial charge in [-0.1, -0.05) is 23.5 Å². The van der Waals surface area contributed by atoms with E-state index < -0.39 is 0 Å². The molecule has 20 heavy (non-hydrogen) atoms. The van der Waals surface area contributed by atoms with Gasteiger partial charge in [0.25, 0.3) is 5.91 Å². The number of nitrogens with one attached hydrogen (secondary N) is 1. The summed E-state index contributed by atoms with van der Waals surface area (Å²) in [6.07, 6.45) is 0. The number of thiazole rings is 1. The number of nitrogens with zero attached hydrogens (tertiary/aromatic N) is 3. The van der Waals surface area contributed by atoms with Crippen molar-refractivity contribution in [1.82, 2.24) is 14.8 Å². The van der Waals surface area contributed by atoms with Crippen molar-refractivity contribution in [3.05, 3.63) is 41.2 Å². The van der Waals surface area contributed by atoms with E-state index in [1.165, 1.54) is 11.3 Å². The van der Waals surface area contributed by atoms with Crippen LogP contribution in [0.3, 0.4) is 0 Å². The lowest BCUT2D eigenvalue weighted by Gasteiger charge is -1.96. The van der Waals surface area contributed by atoms with Crippen molar-refractivity contribution in [2.45, 2.75) is 13.8 Å². The summed E-state index contributed by atoms with van der Waals surface area (Å²) >= 11 is 1.47. The second-order valence-corrected chi connectivity index (χ2v) is 5.72. The summed E-state index contributed by atoms with van der Waals surface area (Å²) in [5.41, 5.74) is 3.38. The summed E-state index contributed by atoms with van der Waals surface area (Å²) in [6.45, 7) is 3.92. The molecular formula is C14H14N4OS. The molecule has 102 valence electrons. The van der Waals surface area contributed by atoms with Gasteiger partial charge < -0.3 is 0 Å². The lowest BCUT2D eigenvalue weighted by Crippen LogP contribution is -2.12. The molecule has 1 N–H and O–H groups in total. The number of carbonyl (C=O) groups excluding carboxylic acids is 1. The Bertz CT molecular complexity index is 783. The van der Waals surface area contributed by atoms with Crippen LogP contribution in [-0.4, -0.2) is 20.7 Å². The van der Waals surface area contributed by atoms with Crippen LogP contribution in [-0.2, 0) is 7.05 Å². The quantitative estimate of drug-likeness (QED) is 0.788. The lowest BCUT2D eigenvalue weighted by molar-refractivity contribution is 0.102. The molecule has 0 bridgehead atoms. The van der Waals surface area contributed by atoms with E-state index in [0.29, 0.717) is 10.8 Å². The molecule has 3 rings (SSSR count). The van der Waals surface area contributed by atoms with Crippen LogP contribution in [0.25, 0.3) is 10.2 Å². The van der Waals surface area contributed by atoms with Crippen LogP contribution < -0.4 is 5.32 Å². The molecule has 0 aliphatic carbocycles. The molecule has 0 saturated carbocycles. The number of benzene rings is 1. The Morgan fingerprint density at radius 2 is 2.15 bits per heavy atom. The molecule has 0 fully saturated rings. The standard InChI is InChI=1S/C14H14N4OS/c1-8-5-4-6-11-12(8)15-14(20-11)16-13(19)10-7-9(2)18(3)17-10/h4-7H,1-3H3,(H,15,16,19). The van der Waals surface area contributed by atoms with Gasteiger partial charge in [-0.05, 0) is 31.5 Å². The van der Waals surface area contributed by atoms with Crippen molar-refractivity contribution in [2.24, 2.45) is 7.05 Å². The summed E-state index contributed by atoms with van der Waals surface area (Å²) in [5.74, 6) is -0.231. The minimum Gasteiger partial charge on any atom is -0.296 e. The van der Waals surface area contributed by atoms with E-state index in [0.717, 1.165) is 21.5 Å². The number of amides is 1. The first-order valence-electron chi connectivity index (χ1n) is 6.23. The lowest BCUT2D eigenvalue weighted by atomic mass is 10.2. The molecule has 6 heteroatoms. The first-order chi connectivity index (χ1) is 9.54. The van der Waals surface area contributed by atoms with Crippen molar-refractivity contribution in [3.63, 3.8) is 0 Å². The number of fused-ring (bicyclic) bond motifs is 1. The highest BCUT2D eigenvalue weighted by molar-refractivity contribution is 7.22. The van der Waals surface area contributed by atoms with E-state index in [1.807, 2.05) is 39.1 Å². The van der Waals surface area contributed by atoms with Gasteiger partial charge in [0.1, 0.15) is 0 Å². The number of anilines is 1. The van der Waals surface area contributed by atoms with E-state index in [-0.39, 0.29) is 5.91 Å². The highest BCUT2D eigenvalue weighted by atomic mass is 32.1. The molecule has 5 nitrogen and oxygen atoms in total. The Kier molecular flexibility index (Phi) is 3.02. The molecule has 0 radical (unpaired) electrons. The second kappa shape index (κ2) is 4.72. The van der Waals surface area contributed by atoms with Crippen molar-refractivity contribution in [2.75, 3.05) is 5.32 Å². The van der Waals surface area contributed by atoms with Crippen LogP contribution in [0.1, 0.15) is 21.7 Å². The van der Waals surface area contributed by atoms with Crippen LogP contribution in [0.4, 0.5) is 5.13 Å². The van der Waals surface area contributed by atoms with Crippen LogP contribution in [0.5, 0.6) is 0 Å². The van der Waals surface area contributed by atoms with E-state index in [1.54, 1.807) is 10.7 Å². The van der Waals surface area contributed by atoms with E-state index in [9.17, 15) is 4.79 Å². The first kappa shape index (κ1) is 12.8. The molecule has 0 spiro atoms. The average Bonchev–Trinajstić information content (AvgIpc) is 2.95. The summed E-state index contributed by atoms with van der Waals surface area (Å²) in [6, 6.07) is 7.76. The third-order valence-corrected chi connectivity index (χ3v) is 4.12. The fraction of sp³-hybridized carbons (Fsp3) is 0.214. The molecule has 3 aromatic rings. The van der Waals surface area contributed by atoms with Crippen LogP contribution in [0.2, 0.25) is 0 Å². The highest BCUT2D eigenvalue weighted by Gasteiger charge is 2.14. The van der Waals surface area contributed by atoms with Gasteiger partial charge in [-0.25, -0.2) is 4.98 Å². The Morgan fingerprint density at radius 1 is 1.35 bits per heavy atom. The molecule has 1 aromatic carbocycles. The zero-order chi connectivity index (χ0) is 14.3.